The molecule has 1 aromatic rings. The fourth-order valence-corrected chi connectivity index (χ4v) is 1.92. The third-order valence-electron chi connectivity index (χ3n) is 2.89. The van der Waals surface area contributed by atoms with Crippen LogP contribution in [0.15, 0.2) is 24.3 Å². The summed E-state index contributed by atoms with van der Waals surface area (Å²) in [6.07, 6.45) is 0. The van der Waals surface area contributed by atoms with Gasteiger partial charge in [-0.3, -0.25) is 9.59 Å². The minimum atomic E-state index is -1.11. The van der Waals surface area contributed by atoms with E-state index < -0.39 is 17.9 Å². The van der Waals surface area contributed by atoms with Crippen LogP contribution in [-0.2, 0) is 19.1 Å². The van der Waals surface area contributed by atoms with Gasteiger partial charge in [0, 0.05) is 11.0 Å². The lowest BCUT2D eigenvalue weighted by Gasteiger charge is -2.16. The Bertz CT molecular complexity index is 596. The van der Waals surface area contributed by atoms with Crippen LogP contribution in [0.5, 0.6) is 0 Å². The van der Waals surface area contributed by atoms with E-state index in [1.54, 1.807) is 32.0 Å². The van der Waals surface area contributed by atoms with Crippen LogP contribution in [0, 0.1) is 17.3 Å². The van der Waals surface area contributed by atoms with E-state index in [2.05, 4.69) is 11.8 Å². The molecule has 1 aromatic carbocycles. The van der Waals surface area contributed by atoms with E-state index in [0.29, 0.717) is 11.1 Å². The maximum Gasteiger partial charge on any atom is 0.324 e. The van der Waals surface area contributed by atoms with Crippen LogP contribution in [0.3, 0.4) is 0 Å². The summed E-state index contributed by atoms with van der Waals surface area (Å²) in [4.78, 5) is 24.5. The molecule has 4 nitrogen and oxygen atoms in total. The molecule has 0 amide bonds. The van der Waals surface area contributed by atoms with Gasteiger partial charge in [0.2, 0.25) is 0 Å². The molecule has 0 aliphatic heterocycles. The Kier molecular flexibility index (Phi) is 6.84. The average Bonchev–Trinajstić information content (AvgIpc) is 2.46. The lowest BCUT2D eigenvalue weighted by molar-refractivity contribution is -0.156. The summed E-state index contributed by atoms with van der Waals surface area (Å²) >= 11 is 0. The molecule has 0 unspecified atom stereocenters. The van der Waals surface area contributed by atoms with Gasteiger partial charge in [0.1, 0.15) is 0 Å². The molecule has 0 bridgehead atoms. The predicted molar refractivity (Wildman–Crippen MR) is 88.8 cm³/mol. The summed E-state index contributed by atoms with van der Waals surface area (Å²) in [5, 5.41) is 0. The highest BCUT2D eigenvalue weighted by Crippen LogP contribution is 2.24. The van der Waals surface area contributed by atoms with Crippen LogP contribution in [-0.4, -0.2) is 25.2 Å². The van der Waals surface area contributed by atoms with Gasteiger partial charge in [-0.2, -0.15) is 0 Å². The van der Waals surface area contributed by atoms with Crippen molar-refractivity contribution < 1.29 is 19.1 Å². The number of hydrogen-bond donors (Lipinski definition) is 0. The summed E-state index contributed by atoms with van der Waals surface area (Å²) in [6.45, 7) is 9.79. The van der Waals surface area contributed by atoms with Gasteiger partial charge in [0.25, 0.3) is 0 Å². The largest absolute Gasteiger partial charge is 0.465 e. The first-order valence-corrected chi connectivity index (χ1v) is 7.75. The molecule has 4 heteroatoms. The van der Waals surface area contributed by atoms with Crippen LogP contribution in [0.25, 0.3) is 0 Å². The Morgan fingerprint density at radius 3 is 2.04 bits per heavy atom. The van der Waals surface area contributed by atoms with Crippen molar-refractivity contribution >= 4 is 11.9 Å². The number of benzene rings is 1. The zero-order chi connectivity index (χ0) is 17.5. The molecule has 0 radical (unpaired) electrons. The van der Waals surface area contributed by atoms with Gasteiger partial charge in [0.05, 0.1) is 13.2 Å². The van der Waals surface area contributed by atoms with Gasteiger partial charge < -0.3 is 9.47 Å². The molecule has 0 N–H and O–H groups in total. The quantitative estimate of drug-likeness (QED) is 0.475. The molecule has 23 heavy (non-hydrogen) atoms. The fourth-order valence-electron chi connectivity index (χ4n) is 1.92. The molecule has 0 saturated heterocycles. The van der Waals surface area contributed by atoms with E-state index in [4.69, 9.17) is 9.47 Å². The minimum absolute atomic E-state index is 0.184. The summed E-state index contributed by atoms with van der Waals surface area (Å²) in [6, 6.07) is 7.09. The molecule has 0 heterocycles. The van der Waals surface area contributed by atoms with Crippen molar-refractivity contribution in [1.29, 1.82) is 0 Å². The van der Waals surface area contributed by atoms with Crippen LogP contribution in [0.1, 0.15) is 51.7 Å². The van der Waals surface area contributed by atoms with Gasteiger partial charge in [-0.1, -0.05) is 30.0 Å². The summed E-state index contributed by atoms with van der Waals surface area (Å²) < 4.78 is 10.1. The smallest absolute Gasteiger partial charge is 0.324 e. The third-order valence-corrected chi connectivity index (χ3v) is 2.89. The van der Waals surface area contributed by atoms with Crippen molar-refractivity contribution in [3.05, 3.63) is 35.4 Å². The maximum absolute atomic E-state index is 12.2. The van der Waals surface area contributed by atoms with Gasteiger partial charge in [-0.15, -0.1) is 0 Å². The second-order valence-electron chi connectivity index (χ2n) is 6.02. The predicted octanol–water partition coefficient (Wildman–Crippen LogP) is 3.29. The number of rotatable bonds is 5. The van der Waals surface area contributed by atoms with Crippen molar-refractivity contribution in [2.75, 3.05) is 13.2 Å². The Morgan fingerprint density at radius 1 is 1.04 bits per heavy atom. The molecule has 0 spiro atoms. The van der Waals surface area contributed by atoms with Crippen LogP contribution >= 0.6 is 0 Å². The van der Waals surface area contributed by atoms with Gasteiger partial charge in [0.15, 0.2) is 5.92 Å². The van der Waals surface area contributed by atoms with E-state index in [9.17, 15) is 9.59 Å². The highest BCUT2D eigenvalue weighted by Gasteiger charge is 2.33. The normalized spacial score (nSPS) is 10.7. The zero-order valence-electron chi connectivity index (χ0n) is 14.4. The van der Waals surface area contributed by atoms with Crippen molar-refractivity contribution in [1.82, 2.24) is 0 Å². The van der Waals surface area contributed by atoms with E-state index >= 15 is 0 Å². The number of ether oxygens (including phenoxy) is 2. The second-order valence-corrected chi connectivity index (χ2v) is 6.02. The zero-order valence-corrected chi connectivity index (χ0v) is 14.4. The third kappa shape index (κ3) is 5.78. The van der Waals surface area contributed by atoms with Crippen molar-refractivity contribution in [2.24, 2.45) is 5.41 Å². The standard InChI is InChI=1S/C19H24O4/c1-6-22-17(20)16(18(21)23-7-2)15-11-9-8-10-14(15)12-13-19(3,4)5/h8-11,16H,6-7H2,1-5H3. The molecule has 0 atom stereocenters. The summed E-state index contributed by atoms with van der Waals surface area (Å²) in [5.74, 6) is 3.84. The van der Waals surface area contributed by atoms with Gasteiger partial charge in [-0.25, -0.2) is 0 Å². The number of carbonyl (C=O) groups is 2. The molecule has 0 aromatic heterocycles. The number of esters is 2. The molecule has 1 rings (SSSR count). The summed E-state index contributed by atoms with van der Waals surface area (Å²) in [7, 11) is 0. The lowest BCUT2D eigenvalue weighted by atomic mass is 9.92. The molecular weight excluding hydrogens is 292 g/mol. The Morgan fingerprint density at radius 2 is 1.57 bits per heavy atom. The molecular formula is C19H24O4. The Labute approximate surface area is 138 Å². The minimum Gasteiger partial charge on any atom is -0.465 e. The average molecular weight is 316 g/mol. The van der Waals surface area contributed by atoms with Crippen molar-refractivity contribution in [3.8, 4) is 11.8 Å². The topological polar surface area (TPSA) is 52.6 Å². The van der Waals surface area contributed by atoms with Crippen LogP contribution in [0.2, 0.25) is 0 Å². The first-order valence-electron chi connectivity index (χ1n) is 7.75. The Balaban J connectivity index is 3.33. The van der Waals surface area contributed by atoms with Crippen molar-refractivity contribution in [3.63, 3.8) is 0 Å². The maximum atomic E-state index is 12.2. The van der Waals surface area contributed by atoms with Gasteiger partial charge >= 0.3 is 11.9 Å². The highest BCUT2D eigenvalue weighted by molar-refractivity contribution is 6.01. The SMILES string of the molecule is CCOC(=O)C(C(=O)OCC)c1ccccc1C#CC(C)(C)C. The Hall–Kier alpha value is -2.28. The molecule has 0 saturated carbocycles. The number of hydrogen-bond acceptors (Lipinski definition) is 4. The van der Waals surface area contributed by atoms with Crippen LogP contribution < -0.4 is 0 Å². The van der Waals surface area contributed by atoms with E-state index in [-0.39, 0.29) is 18.6 Å². The molecule has 0 aliphatic carbocycles. The van der Waals surface area contributed by atoms with E-state index in [1.807, 2.05) is 26.8 Å². The number of carbonyl (C=O) groups excluding carboxylic acids is 2. The monoisotopic (exact) mass is 316 g/mol. The first kappa shape index (κ1) is 18.8. The molecule has 0 fully saturated rings. The molecule has 124 valence electrons. The highest BCUT2D eigenvalue weighted by atomic mass is 16.6. The van der Waals surface area contributed by atoms with Crippen molar-refractivity contribution in [2.45, 2.75) is 40.5 Å². The second kappa shape index (κ2) is 8.38. The first-order chi connectivity index (χ1) is 10.8. The fraction of sp³-hybridized carbons (Fsp3) is 0.474. The van der Waals surface area contributed by atoms with E-state index in [0.717, 1.165) is 0 Å². The lowest BCUT2D eigenvalue weighted by Crippen LogP contribution is -2.27. The van der Waals surface area contributed by atoms with Gasteiger partial charge in [-0.05, 0) is 46.2 Å². The van der Waals surface area contributed by atoms with Crippen LogP contribution in [0.4, 0.5) is 0 Å². The summed E-state index contributed by atoms with van der Waals surface area (Å²) in [5.41, 5.74) is 0.964. The van der Waals surface area contributed by atoms with E-state index in [1.165, 1.54) is 0 Å². The molecule has 0 aliphatic rings.